The molecule has 1 amide bonds. The van der Waals surface area contributed by atoms with E-state index in [2.05, 4.69) is 19.1 Å². The number of carbonyl (C=O) groups excluding carboxylic acids is 1. The van der Waals surface area contributed by atoms with Crippen molar-refractivity contribution in [3.63, 3.8) is 0 Å². The van der Waals surface area contributed by atoms with Crippen LogP contribution >= 0.6 is 46.3 Å². The van der Waals surface area contributed by atoms with Crippen molar-refractivity contribution in [2.45, 2.75) is 17.1 Å². The van der Waals surface area contributed by atoms with E-state index in [1.807, 2.05) is 0 Å². The Morgan fingerprint density at radius 1 is 1.56 bits per heavy atom. The molecule has 0 aromatic carbocycles. The van der Waals surface area contributed by atoms with Gasteiger partial charge in [0.2, 0.25) is 0 Å². The van der Waals surface area contributed by atoms with Gasteiger partial charge in [0.25, 0.3) is 5.91 Å². The van der Waals surface area contributed by atoms with Crippen LogP contribution in [0.5, 0.6) is 0 Å². The van der Waals surface area contributed by atoms with Crippen molar-refractivity contribution >= 4 is 52.2 Å². The third-order valence-electron chi connectivity index (χ3n) is 2.37. The molecule has 1 aliphatic heterocycles. The first-order valence-electron chi connectivity index (χ1n) is 4.86. The highest BCUT2D eigenvalue weighted by Crippen LogP contribution is 2.41. The maximum absolute atomic E-state index is 11.8. The van der Waals surface area contributed by atoms with Gasteiger partial charge in [-0.1, -0.05) is 23.2 Å². The maximum atomic E-state index is 11.8. The molecular weight excluding hydrogens is 285 g/mol. The fourth-order valence-electron chi connectivity index (χ4n) is 1.64. The van der Waals surface area contributed by atoms with Crippen molar-refractivity contribution < 1.29 is 4.79 Å². The number of rotatable bonds is 2. The van der Waals surface area contributed by atoms with Crippen LogP contribution in [-0.2, 0) is 4.79 Å². The summed E-state index contributed by atoms with van der Waals surface area (Å²) in [6, 6.07) is 4.14. The standard InChI is InChI=1S/C10H11Cl2NOS2/c1-6-2-3-7(16-6)10-13(4-5-15-10)9(14)8(11)12/h2-3,8,10H,4-5H2,1H3/t10-/m0/s1. The summed E-state index contributed by atoms with van der Waals surface area (Å²) in [4.78, 5) is 15.0. The van der Waals surface area contributed by atoms with E-state index >= 15 is 0 Å². The summed E-state index contributed by atoms with van der Waals surface area (Å²) in [6.45, 7) is 2.78. The normalized spacial score (nSPS) is 20.8. The summed E-state index contributed by atoms with van der Waals surface area (Å²) in [6.07, 6.45) is 0. The highest BCUT2D eigenvalue weighted by atomic mass is 35.5. The van der Waals surface area contributed by atoms with E-state index in [9.17, 15) is 4.79 Å². The molecular formula is C10H11Cl2NOS2. The molecule has 0 unspecified atom stereocenters. The highest BCUT2D eigenvalue weighted by Gasteiger charge is 2.33. The summed E-state index contributed by atoms with van der Waals surface area (Å²) in [5.74, 6) is 0.748. The molecule has 1 aromatic rings. The van der Waals surface area contributed by atoms with Gasteiger partial charge in [-0.3, -0.25) is 4.79 Å². The van der Waals surface area contributed by atoms with Gasteiger partial charge in [-0.2, -0.15) is 0 Å². The number of nitrogens with zero attached hydrogens (tertiary/aromatic N) is 1. The summed E-state index contributed by atoms with van der Waals surface area (Å²) in [5.41, 5.74) is 0. The van der Waals surface area contributed by atoms with Gasteiger partial charge in [0.05, 0.1) is 0 Å². The minimum absolute atomic E-state index is 0.0891. The van der Waals surface area contributed by atoms with Gasteiger partial charge in [-0.25, -0.2) is 0 Å². The number of alkyl halides is 2. The van der Waals surface area contributed by atoms with Gasteiger partial charge in [0.1, 0.15) is 5.37 Å². The van der Waals surface area contributed by atoms with Crippen LogP contribution in [0.25, 0.3) is 0 Å². The number of thioether (sulfide) groups is 1. The van der Waals surface area contributed by atoms with Gasteiger partial charge >= 0.3 is 0 Å². The lowest BCUT2D eigenvalue weighted by molar-refractivity contribution is -0.129. The molecule has 1 fully saturated rings. The molecule has 0 radical (unpaired) electrons. The molecule has 2 nitrogen and oxygen atoms in total. The molecule has 0 spiro atoms. The molecule has 1 aromatic heterocycles. The molecule has 6 heteroatoms. The molecule has 2 rings (SSSR count). The van der Waals surface area contributed by atoms with E-state index in [4.69, 9.17) is 23.2 Å². The quantitative estimate of drug-likeness (QED) is 0.779. The van der Waals surface area contributed by atoms with E-state index < -0.39 is 4.84 Å². The fraction of sp³-hybridized carbons (Fsp3) is 0.500. The lowest BCUT2D eigenvalue weighted by atomic mass is 10.4. The van der Waals surface area contributed by atoms with Gasteiger partial charge in [-0.15, -0.1) is 23.1 Å². The SMILES string of the molecule is Cc1ccc([C@@H]2SCCN2C(=O)C(Cl)Cl)s1. The van der Waals surface area contributed by atoms with Gasteiger partial charge < -0.3 is 4.90 Å². The van der Waals surface area contributed by atoms with Gasteiger partial charge in [0, 0.05) is 22.1 Å². The first-order chi connectivity index (χ1) is 7.59. The van der Waals surface area contributed by atoms with Crippen LogP contribution in [-0.4, -0.2) is 27.9 Å². The Morgan fingerprint density at radius 2 is 2.31 bits per heavy atom. The van der Waals surface area contributed by atoms with Crippen LogP contribution in [0.2, 0.25) is 0 Å². The average molecular weight is 296 g/mol. The molecule has 0 saturated carbocycles. The average Bonchev–Trinajstić information content (AvgIpc) is 2.83. The lowest BCUT2D eigenvalue weighted by Crippen LogP contribution is -2.33. The Bertz CT molecular complexity index is 394. The number of aryl methyl sites for hydroxylation is 1. The van der Waals surface area contributed by atoms with Crippen molar-refractivity contribution in [3.05, 3.63) is 21.9 Å². The van der Waals surface area contributed by atoms with Crippen LogP contribution in [0.1, 0.15) is 15.1 Å². The predicted molar refractivity (Wildman–Crippen MR) is 71.5 cm³/mol. The molecule has 0 N–H and O–H groups in total. The monoisotopic (exact) mass is 295 g/mol. The van der Waals surface area contributed by atoms with Gasteiger partial charge in [0.15, 0.2) is 4.84 Å². The maximum Gasteiger partial charge on any atom is 0.257 e. The number of hydrogen-bond donors (Lipinski definition) is 0. The fourth-order valence-corrected chi connectivity index (χ4v) is 4.27. The van der Waals surface area contributed by atoms with E-state index in [0.717, 1.165) is 12.3 Å². The zero-order valence-electron chi connectivity index (χ0n) is 8.65. The van der Waals surface area contributed by atoms with Crippen molar-refractivity contribution in [3.8, 4) is 0 Å². The molecule has 1 atom stereocenters. The molecule has 16 heavy (non-hydrogen) atoms. The summed E-state index contributed by atoms with van der Waals surface area (Å²) in [7, 11) is 0. The second-order valence-corrected chi connectivity index (χ2v) is 7.11. The number of carbonyl (C=O) groups is 1. The van der Waals surface area contributed by atoms with Crippen molar-refractivity contribution in [1.29, 1.82) is 0 Å². The first kappa shape index (κ1) is 12.6. The second-order valence-electron chi connectivity index (χ2n) is 3.50. The third-order valence-corrected chi connectivity index (χ3v) is 5.18. The first-order valence-corrected chi connectivity index (χ1v) is 7.60. The Hall–Kier alpha value is 0.100. The largest absolute Gasteiger partial charge is 0.323 e. The zero-order chi connectivity index (χ0) is 11.7. The molecule has 1 saturated heterocycles. The third kappa shape index (κ3) is 2.50. The Kier molecular flexibility index (Phi) is 4.06. The minimum atomic E-state index is -0.956. The van der Waals surface area contributed by atoms with Crippen molar-refractivity contribution in [1.82, 2.24) is 4.90 Å². The van der Waals surface area contributed by atoms with E-state index in [1.54, 1.807) is 28.0 Å². The summed E-state index contributed by atoms with van der Waals surface area (Å²) in [5, 5.41) is 0.0891. The molecule has 0 aliphatic carbocycles. The minimum Gasteiger partial charge on any atom is -0.323 e. The Morgan fingerprint density at radius 3 is 2.88 bits per heavy atom. The number of halogens is 2. The molecule has 1 aliphatic rings. The summed E-state index contributed by atoms with van der Waals surface area (Å²) < 4.78 is 0. The van der Waals surface area contributed by atoms with Crippen LogP contribution in [0.4, 0.5) is 0 Å². The lowest BCUT2D eigenvalue weighted by Gasteiger charge is -2.23. The van der Waals surface area contributed by atoms with Crippen molar-refractivity contribution in [2.75, 3.05) is 12.3 Å². The summed E-state index contributed by atoms with van der Waals surface area (Å²) >= 11 is 14.7. The molecule has 0 bridgehead atoms. The van der Waals surface area contributed by atoms with E-state index in [1.165, 1.54) is 9.75 Å². The molecule has 2 heterocycles. The van der Waals surface area contributed by atoms with Crippen LogP contribution < -0.4 is 0 Å². The Balaban J connectivity index is 2.18. The second kappa shape index (κ2) is 5.17. The highest BCUT2D eigenvalue weighted by molar-refractivity contribution is 7.99. The topological polar surface area (TPSA) is 20.3 Å². The molecule has 88 valence electrons. The number of amides is 1. The Labute approximate surface area is 113 Å². The van der Waals surface area contributed by atoms with Crippen LogP contribution in [0, 0.1) is 6.92 Å². The smallest absolute Gasteiger partial charge is 0.257 e. The number of hydrogen-bond acceptors (Lipinski definition) is 3. The van der Waals surface area contributed by atoms with Gasteiger partial charge in [-0.05, 0) is 19.1 Å². The predicted octanol–water partition coefficient (Wildman–Crippen LogP) is 3.43. The van der Waals surface area contributed by atoms with E-state index in [0.29, 0.717) is 0 Å². The van der Waals surface area contributed by atoms with E-state index in [-0.39, 0.29) is 11.3 Å². The van der Waals surface area contributed by atoms with Crippen LogP contribution in [0.15, 0.2) is 12.1 Å². The number of thiophene rings is 1. The van der Waals surface area contributed by atoms with Crippen LogP contribution in [0.3, 0.4) is 0 Å². The zero-order valence-corrected chi connectivity index (χ0v) is 11.8. The van der Waals surface area contributed by atoms with Crippen molar-refractivity contribution in [2.24, 2.45) is 0 Å².